The maximum atomic E-state index is 11.1. The fourth-order valence-corrected chi connectivity index (χ4v) is 5.23. The molecular formula is C27H56O3Si. The number of carbonyl (C=O) groups excluding carboxylic acids is 1. The molecule has 0 heterocycles. The number of unbranched alkanes of at least 4 members (excludes halogenated alkanes) is 12. The van der Waals surface area contributed by atoms with Crippen LogP contribution in [0.3, 0.4) is 0 Å². The first-order chi connectivity index (χ1) is 14.6. The largest absolute Gasteiger partial charge is 0.469 e. The Morgan fingerprint density at radius 2 is 1.16 bits per heavy atom. The lowest BCUT2D eigenvalue weighted by Gasteiger charge is -2.39. The molecule has 186 valence electrons. The zero-order valence-electron chi connectivity index (χ0n) is 22.3. The van der Waals surface area contributed by atoms with Crippen molar-refractivity contribution in [3.63, 3.8) is 0 Å². The maximum absolute atomic E-state index is 11.1. The average Bonchev–Trinajstić information content (AvgIpc) is 2.70. The Labute approximate surface area is 196 Å². The third kappa shape index (κ3) is 16.9. The van der Waals surface area contributed by atoms with Gasteiger partial charge in [0.2, 0.25) is 0 Å². The number of ether oxygens (including phenoxy) is 1. The Kier molecular flexibility index (Phi) is 17.9. The van der Waals surface area contributed by atoms with Gasteiger partial charge in [-0.25, -0.2) is 0 Å². The zero-order chi connectivity index (χ0) is 23.6. The predicted molar refractivity (Wildman–Crippen MR) is 138 cm³/mol. The summed E-state index contributed by atoms with van der Waals surface area (Å²) in [5, 5.41) is 0.303. The molecule has 4 heteroatoms. The van der Waals surface area contributed by atoms with Crippen LogP contribution in [-0.2, 0) is 14.0 Å². The van der Waals surface area contributed by atoms with Crippen LogP contribution in [0, 0.1) is 0 Å². The van der Waals surface area contributed by atoms with Crippen LogP contribution in [0.2, 0.25) is 18.1 Å². The van der Waals surface area contributed by atoms with E-state index in [1.807, 2.05) is 0 Å². The van der Waals surface area contributed by atoms with Gasteiger partial charge in [0.05, 0.1) is 7.11 Å². The summed E-state index contributed by atoms with van der Waals surface area (Å²) in [5.41, 5.74) is 0. The van der Waals surface area contributed by atoms with Crippen molar-refractivity contribution < 1.29 is 14.0 Å². The molecule has 0 bridgehead atoms. The van der Waals surface area contributed by atoms with Gasteiger partial charge in [0.25, 0.3) is 0 Å². The van der Waals surface area contributed by atoms with Gasteiger partial charge in [0, 0.05) is 12.5 Å². The number of hydrogen-bond donors (Lipinski definition) is 0. The summed E-state index contributed by atoms with van der Waals surface area (Å²) in [6, 6.07) is 0. The first kappa shape index (κ1) is 30.6. The molecule has 0 aromatic carbocycles. The van der Waals surface area contributed by atoms with E-state index in [0.717, 1.165) is 12.8 Å². The summed E-state index contributed by atoms with van der Waals surface area (Å²) in [7, 11) is -0.192. The minimum Gasteiger partial charge on any atom is -0.469 e. The Morgan fingerprint density at radius 1 is 0.742 bits per heavy atom. The van der Waals surface area contributed by atoms with E-state index in [9.17, 15) is 4.79 Å². The molecule has 0 fully saturated rings. The van der Waals surface area contributed by atoms with E-state index >= 15 is 0 Å². The van der Waals surface area contributed by atoms with E-state index in [0.29, 0.717) is 17.6 Å². The molecule has 0 amide bonds. The summed E-state index contributed by atoms with van der Waals surface area (Å²) in [6.07, 6.45) is 21.7. The van der Waals surface area contributed by atoms with Crippen LogP contribution in [0.4, 0.5) is 0 Å². The fourth-order valence-electron chi connectivity index (χ4n) is 3.81. The number of methoxy groups -OCH3 is 1. The van der Waals surface area contributed by atoms with Crippen molar-refractivity contribution >= 4 is 14.3 Å². The minimum absolute atomic E-state index is 0.0705. The number of hydrogen-bond acceptors (Lipinski definition) is 3. The summed E-state index contributed by atoms with van der Waals surface area (Å²) in [4.78, 5) is 11.1. The lowest BCUT2D eigenvalue weighted by atomic mass is 10.0. The lowest BCUT2D eigenvalue weighted by Crippen LogP contribution is -2.44. The van der Waals surface area contributed by atoms with Gasteiger partial charge in [0.1, 0.15) is 0 Å². The van der Waals surface area contributed by atoms with E-state index in [-0.39, 0.29) is 5.97 Å². The van der Waals surface area contributed by atoms with Crippen LogP contribution >= 0.6 is 0 Å². The third-order valence-corrected chi connectivity index (χ3v) is 11.6. The molecular weight excluding hydrogens is 400 g/mol. The van der Waals surface area contributed by atoms with Gasteiger partial charge in [0.15, 0.2) is 8.32 Å². The molecule has 0 spiro atoms. The number of carbonyl (C=O) groups is 1. The van der Waals surface area contributed by atoms with Crippen molar-refractivity contribution in [3.05, 3.63) is 0 Å². The van der Waals surface area contributed by atoms with Gasteiger partial charge < -0.3 is 9.16 Å². The topological polar surface area (TPSA) is 35.5 Å². The highest BCUT2D eigenvalue weighted by molar-refractivity contribution is 6.74. The molecule has 0 aliphatic heterocycles. The Bertz CT molecular complexity index is 429. The van der Waals surface area contributed by atoms with Crippen LogP contribution in [0.25, 0.3) is 0 Å². The van der Waals surface area contributed by atoms with Crippen molar-refractivity contribution in [2.24, 2.45) is 0 Å². The van der Waals surface area contributed by atoms with Crippen molar-refractivity contribution in [1.29, 1.82) is 0 Å². The molecule has 0 aromatic heterocycles. The van der Waals surface area contributed by atoms with Crippen LogP contribution in [0.15, 0.2) is 0 Å². The second kappa shape index (κ2) is 18.1. The molecule has 3 nitrogen and oxygen atoms in total. The molecule has 1 unspecified atom stereocenters. The first-order valence-electron chi connectivity index (χ1n) is 13.4. The molecule has 0 aliphatic carbocycles. The molecule has 0 N–H and O–H groups in total. The van der Waals surface area contributed by atoms with Gasteiger partial charge in [-0.15, -0.1) is 0 Å². The Morgan fingerprint density at radius 3 is 1.58 bits per heavy atom. The highest BCUT2D eigenvalue weighted by atomic mass is 28.4. The number of rotatable bonds is 20. The quantitative estimate of drug-likeness (QED) is 0.104. The standard InChI is InChI=1S/C27H56O3Si/c1-8-9-19-22-25(30-31(6,7)27(2,3)4)23-20-17-15-13-11-10-12-14-16-18-21-24-26(28)29-5/h25H,8-24H2,1-7H3. The Balaban J connectivity index is 3.81. The van der Waals surface area contributed by atoms with E-state index < -0.39 is 8.32 Å². The normalized spacial score (nSPS) is 13.4. The molecule has 1 atom stereocenters. The van der Waals surface area contributed by atoms with E-state index in [1.54, 1.807) is 0 Å². The van der Waals surface area contributed by atoms with Crippen LogP contribution in [0.1, 0.15) is 137 Å². The van der Waals surface area contributed by atoms with E-state index in [4.69, 9.17) is 4.43 Å². The van der Waals surface area contributed by atoms with Gasteiger partial charge in [-0.2, -0.15) is 0 Å². The second-order valence-electron chi connectivity index (χ2n) is 11.0. The highest BCUT2D eigenvalue weighted by Gasteiger charge is 2.38. The van der Waals surface area contributed by atoms with Crippen molar-refractivity contribution in [2.45, 2.75) is 161 Å². The molecule has 0 radical (unpaired) electrons. The van der Waals surface area contributed by atoms with Crippen LogP contribution in [0.5, 0.6) is 0 Å². The third-order valence-electron chi connectivity index (χ3n) is 7.03. The fraction of sp³-hybridized carbons (Fsp3) is 0.963. The molecule has 0 aliphatic rings. The summed E-state index contributed by atoms with van der Waals surface area (Å²) in [5.74, 6) is -0.0705. The smallest absolute Gasteiger partial charge is 0.305 e. The highest BCUT2D eigenvalue weighted by Crippen LogP contribution is 2.38. The van der Waals surface area contributed by atoms with Crippen LogP contribution in [-0.4, -0.2) is 27.5 Å². The SMILES string of the molecule is CCCCCC(CCCCCCCCCCCCCC(=O)OC)O[Si](C)(C)C(C)(C)C. The Hall–Kier alpha value is -0.353. The van der Waals surface area contributed by atoms with Crippen molar-refractivity contribution in [3.8, 4) is 0 Å². The van der Waals surface area contributed by atoms with Crippen molar-refractivity contribution in [1.82, 2.24) is 0 Å². The summed E-state index contributed by atoms with van der Waals surface area (Å²) < 4.78 is 11.5. The second-order valence-corrected chi connectivity index (χ2v) is 15.8. The van der Waals surface area contributed by atoms with Gasteiger partial charge in [-0.3, -0.25) is 4.79 Å². The molecule has 0 rings (SSSR count). The zero-order valence-corrected chi connectivity index (χ0v) is 23.3. The maximum Gasteiger partial charge on any atom is 0.305 e. The van der Waals surface area contributed by atoms with E-state index in [2.05, 4.69) is 45.5 Å². The minimum atomic E-state index is -1.66. The van der Waals surface area contributed by atoms with E-state index in [1.165, 1.54) is 97.0 Å². The van der Waals surface area contributed by atoms with Gasteiger partial charge in [-0.05, 0) is 37.4 Å². The summed E-state index contributed by atoms with van der Waals surface area (Å²) >= 11 is 0. The van der Waals surface area contributed by atoms with Crippen LogP contribution < -0.4 is 0 Å². The van der Waals surface area contributed by atoms with Gasteiger partial charge >= 0.3 is 5.97 Å². The molecule has 0 saturated heterocycles. The average molecular weight is 457 g/mol. The first-order valence-corrected chi connectivity index (χ1v) is 16.3. The molecule has 0 aromatic rings. The predicted octanol–water partition coefficient (Wildman–Crippen LogP) is 9.20. The van der Waals surface area contributed by atoms with Gasteiger partial charge in [-0.1, -0.05) is 111 Å². The number of esters is 1. The molecule has 0 saturated carbocycles. The van der Waals surface area contributed by atoms with Crippen molar-refractivity contribution in [2.75, 3.05) is 7.11 Å². The summed E-state index contributed by atoms with van der Waals surface area (Å²) in [6.45, 7) is 14.1. The lowest BCUT2D eigenvalue weighted by molar-refractivity contribution is -0.140. The molecule has 31 heavy (non-hydrogen) atoms. The monoisotopic (exact) mass is 456 g/mol.